The number of carbonyl (C=O) groups is 1. The molecule has 1 aliphatic heterocycles. The van der Waals surface area contributed by atoms with Gasteiger partial charge in [-0.1, -0.05) is 0 Å². The molecule has 0 radical (unpaired) electrons. The molecule has 5 nitrogen and oxygen atoms in total. The van der Waals surface area contributed by atoms with E-state index in [2.05, 4.69) is 5.32 Å². The van der Waals surface area contributed by atoms with E-state index in [9.17, 15) is 4.79 Å². The second-order valence-corrected chi connectivity index (χ2v) is 6.22. The summed E-state index contributed by atoms with van der Waals surface area (Å²) in [6, 6.07) is 9.56. The van der Waals surface area contributed by atoms with Gasteiger partial charge in [0.2, 0.25) is 0 Å². The number of benzene rings is 1. The zero-order chi connectivity index (χ0) is 15.5. The van der Waals surface area contributed by atoms with Gasteiger partial charge in [-0.2, -0.15) is 0 Å². The van der Waals surface area contributed by atoms with Crippen molar-refractivity contribution in [3.63, 3.8) is 0 Å². The lowest BCUT2D eigenvalue weighted by Gasteiger charge is -2.18. The van der Waals surface area contributed by atoms with Gasteiger partial charge in [-0.15, -0.1) is 11.3 Å². The van der Waals surface area contributed by atoms with E-state index in [0.717, 1.165) is 21.9 Å². The summed E-state index contributed by atoms with van der Waals surface area (Å²) in [4.78, 5) is 13.8. The number of nitrogens with one attached hydrogen (secondary N) is 1. The molecule has 2 aromatic rings. The van der Waals surface area contributed by atoms with Gasteiger partial charge in [-0.25, -0.2) is 0 Å². The lowest BCUT2D eigenvalue weighted by molar-refractivity contribution is 0.0945. The van der Waals surface area contributed by atoms with Crippen molar-refractivity contribution < 1.29 is 14.3 Å². The van der Waals surface area contributed by atoms with E-state index < -0.39 is 0 Å². The van der Waals surface area contributed by atoms with E-state index in [1.165, 1.54) is 11.3 Å². The zero-order valence-electron chi connectivity index (χ0n) is 12.3. The normalized spacial score (nSPS) is 14.5. The Labute approximate surface area is 133 Å². The van der Waals surface area contributed by atoms with E-state index >= 15 is 0 Å². The lowest BCUT2D eigenvalue weighted by atomic mass is 10.1. The summed E-state index contributed by atoms with van der Waals surface area (Å²) in [5, 5.41) is 2.86. The summed E-state index contributed by atoms with van der Waals surface area (Å²) in [6.07, 6.45) is 0. The van der Waals surface area contributed by atoms with Crippen molar-refractivity contribution in [1.82, 2.24) is 5.32 Å². The Kier molecular flexibility index (Phi) is 4.31. The molecule has 1 aliphatic rings. The Morgan fingerprint density at radius 3 is 2.82 bits per heavy atom. The average molecular weight is 318 g/mol. The molecule has 1 aromatic heterocycles. The maximum Gasteiger partial charge on any atom is 0.261 e. The maximum atomic E-state index is 12.1. The molecule has 1 aromatic carbocycles. The highest BCUT2D eigenvalue weighted by molar-refractivity contribution is 7.17. The smallest absolute Gasteiger partial charge is 0.261 e. The second kappa shape index (κ2) is 6.37. The molecule has 0 bridgehead atoms. The molecule has 116 valence electrons. The number of fused-ring (bicyclic) bond motifs is 1. The topological polar surface area (TPSA) is 73.6 Å². The standard InChI is InChI=1S/C16H18N2O3S/c1-10(9-17)18-16(19)15-5-4-14(22-15)11-2-3-12-13(8-11)21-7-6-20-12/h2-5,8,10H,6-7,9,17H2,1H3,(H,18,19)/t10-/m0/s1. The summed E-state index contributed by atoms with van der Waals surface area (Å²) >= 11 is 1.45. The molecule has 6 heteroatoms. The first-order valence-electron chi connectivity index (χ1n) is 7.18. The molecule has 3 rings (SSSR count). The first kappa shape index (κ1) is 14.9. The summed E-state index contributed by atoms with van der Waals surface area (Å²) in [5.41, 5.74) is 6.54. The van der Waals surface area contributed by atoms with Gasteiger partial charge in [0.1, 0.15) is 13.2 Å². The third-order valence-electron chi connectivity index (χ3n) is 3.39. The average Bonchev–Trinajstić information content (AvgIpc) is 3.04. The minimum Gasteiger partial charge on any atom is -0.486 e. The van der Waals surface area contributed by atoms with Crippen LogP contribution in [0.4, 0.5) is 0 Å². The third-order valence-corrected chi connectivity index (χ3v) is 4.52. The van der Waals surface area contributed by atoms with Crippen molar-refractivity contribution in [3.8, 4) is 21.9 Å². The van der Waals surface area contributed by atoms with Crippen LogP contribution >= 0.6 is 11.3 Å². The molecule has 0 fully saturated rings. The molecule has 0 saturated carbocycles. The fraction of sp³-hybridized carbons (Fsp3) is 0.312. The molecule has 1 amide bonds. The minimum atomic E-state index is -0.0910. The SMILES string of the molecule is C[C@@H](CN)NC(=O)c1ccc(-c2ccc3c(c2)OCCO3)s1. The fourth-order valence-corrected chi connectivity index (χ4v) is 3.07. The van der Waals surface area contributed by atoms with Gasteiger partial charge in [0.15, 0.2) is 11.5 Å². The second-order valence-electron chi connectivity index (χ2n) is 5.13. The molecule has 22 heavy (non-hydrogen) atoms. The van der Waals surface area contributed by atoms with Crippen LogP contribution in [0.1, 0.15) is 16.6 Å². The Hall–Kier alpha value is -2.05. The van der Waals surface area contributed by atoms with E-state index in [4.69, 9.17) is 15.2 Å². The van der Waals surface area contributed by atoms with Crippen LogP contribution in [0.5, 0.6) is 11.5 Å². The fourth-order valence-electron chi connectivity index (χ4n) is 2.17. The first-order valence-corrected chi connectivity index (χ1v) is 8.00. The van der Waals surface area contributed by atoms with Crippen molar-refractivity contribution in [2.75, 3.05) is 19.8 Å². The minimum absolute atomic E-state index is 0.0349. The van der Waals surface area contributed by atoms with Crippen LogP contribution in [0.25, 0.3) is 10.4 Å². The van der Waals surface area contributed by atoms with Crippen LogP contribution in [0.3, 0.4) is 0 Å². The van der Waals surface area contributed by atoms with Gasteiger partial charge in [-0.05, 0) is 42.8 Å². The molecular formula is C16H18N2O3S. The largest absolute Gasteiger partial charge is 0.486 e. The third kappa shape index (κ3) is 3.08. The number of nitrogens with two attached hydrogens (primary N) is 1. The van der Waals surface area contributed by atoms with Crippen LogP contribution in [0, 0.1) is 0 Å². The van der Waals surface area contributed by atoms with Crippen molar-refractivity contribution in [2.24, 2.45) is 5.73 Å². The number of thiophene rings is 1. The molecule has 0 saturated heterocycles. The zero-order valence-corrected chi connectivity index (χ0v) is 13.1. The number of carbonyl (C=O) groups excluding carboxylic acids is 1. The van der Waals surface area contributed by atoms with Crippen LogP contribution in [-0.4, -0.2) is 31.7 Å². The molecule has 2 heterocycles. The van der Waals surface area contributed by atoms with Crippen molar-refractivity contribution in [1.29, 1.82) is 0 Å². The van der Waals surface area contributed by atoms with E-state index in [-0.39, 0.29) is 11.9 Å². The molecule has 0 aliphatic carbocycles. The number of ether oxygens (including phenoxy) is 2. The quantitative estimate of drug-likeness (QED) is 0.907. The number of hydrogen-bond donors (Lipinski definition) is 2. The molecule has 1 atom stereocenters. The van der Waals surface area contributed by atoms with Gasteiger partial charge >= 0.3 is 0 Å². The Morgan fingerprint density at radius 2 is 2.05 bits per heavy atom. The predicted molar refractivity (Wildman–Crippen MR) is 86.7 cm³/mol. The van der Waals surface area contributed by atoms with Crippen LogP contribution in [-0.2, 0) is 0 Å². The summed E-state index contributed by atoms with van der Waals surface area (Å²) < 4.78 is 11.1. The summed E-state index contributed by atoms with van der Waals surface area (Å²) in [5.74, 6) is 1.42. The monoisotopic (exact) mass is 318 g/mol. The van der Waals surface area contributed by atoms with Crippen molar-refractivity contribution in [3.05, 3.63) is 35.2 Å². The molecular weight excluding hydrogens is 300 g/mol. The van der Waals surface area contributed by atoms with Gasteiger partial charge in [0, 0.05) is 17.5 Å². The van der Waals surface area contributed by atoms with E-state index in [1.807, 2.05) is 37.3 Å². The highest BCUT2D eigenvalue weighted by atomic mass is 32.1. The van der Waals surface area contributed by atoms with E-state index in [0.29, 0.717) is 24.6 Å². The van der Waals surface area contributed by atoms with Gasteiger partial charge in [0.25, 0.3) is 5.91 Å². The highest BCUT2D eigenvalue weighted by Crippen LogP contribution is 2.36. The Bertz CT molecular complexity index is 684. The number of hydrogen-bond acceptors (Lipinski definition) is 5. The van der Waals surface area contributed by atoms with Crippen LogP contribution in [0.15, 0.2) is 30.3 Å². The Balaban J connectivity index is 1.80. The number of rotatable bonds is 4. The molecule has 0 unspecified atom stereocenters. The van der Waals surface area contributed by atoms with Crippen LogP contribution in [0.2, 0.25) is 0 Å². The maximum absolute atomic E-state index is 12.1. The van der Waals surface area contributed by atoms with Crippen molar-refractivity contribution in [2.45, 2.75) is 13.0 Å². The number of amides is 1. The van der Waals surface area contributed by atoms with Gasteiger partial charge in [0.05, 0.1) is 4.88 Å². The lowest BCUT2D eigenvalue weighted by Crippen LogP contribution is -2.37. The highest BCUT2D eigenvalue weighted by Gasteiger charge is 2.15. The molecule has 0 spiro atoms. The van der Waals surface area contributed by atoms with Gasteiger partial charge in [-0.3, -0.25) is 4.79 Å². The van der Waals surface area contributed by atoms with Gasteiger partial charge < -0.3 is 20.5 Å². The Morgan fingerprint density at radius 1 is 1.27 bits per heavy atom. The van der Waals surface area contributed by atoms with Crippen LogP contribution < -0.4 is 20.5 Å². The first-order chi connectivity index (χ1) is 10.7. The molecule has 3 N–H and O–H groups in total. The summed E-state index contributed by atoms with van der Waals surface area (Å²) in [7, 11) is 0. The summed E-state index contributed by atoms with van der Waals surface area (Å²) in [6.45, 7) is 3.44. The predicted octanol–water partition coefficient (Wildman–Crippen LogP) is 2.26. The van der Waals surface area contributed by atoms with E-state index in [1.54, 1.807) is 0 Å². The van der Waals surface area contributed by atoms with Crippen molar-refractivity contribution >= 4 is 17.2 Å².